The van der Waals surface area contributed by atoms with Crippen LogP contribution < -0.4 is 4.90 Å². The highest BCUT2D eigenvalue weighted by Crippen LogP contribution is 2.48. The van der Waals surface area contributed by atoms with Gasteiger partial charge in [0.15, 0.2) is 0 Å². The number of hydrogen-bond donors (Lipinski definition) is 0. The third kappa shape index (κ3) is 6.02. The molecule has 3 heteroatoms. The van der Waals surface area contributed by atoms with Crippen molar-refractivity contribution >= 4 is 70.4 Å². The largest absolute Gasteiger partial charge is 0.310 e. The van der Waals surface area contributed by atoms with Crippen molar-refractivity contribution < 1.29 is 0 Å². The van der Waals surface area contributed by atoms with Gasteiger partial charge in [-0.05, 0) is 114 Å². The molecule has 0 aliphatic carbocycles. The fourth-order valence-corrected chi connectivity index (χ4v) is 10.1. The molecule has 0 N–H and O–H groups in total. The summed E-state index contributed by atoms with van der Waals surface area (Å²) < 4.78 is 4.98. The Balaban J connectivity index is 1.14. The topological polar surface area (TPSA) is 8.17 Å². The summed E-state index contributed by atoms with van der Waals surface area (Å²) >= 11 is 1.88. The first-order chi connectivity index (χ1) is 29.1. The Bertz CT molecular complexity index is 3270. The highest BCUT2D eigenvalue weighted by Gasteiger charge is 2.22. The zero-order valence-electron chi connectivity index (χ0n) is 32.9. The second kappa shape index (κ2) is 14.3. The van der Waals surface area contributed by atoms with Crippen LogP contribution in [-0.4, -0.2) is 4.57 Å². The van der Waals surface area contributed by atoms with Crippen molar-refractivity contribution in [2.24, 2.45) is 0 Å². The van der Waals surface area contributed by atoms with Crippen LogP contribution in [-0.2, 0) is 0 Å². The van der Waals surface area contributed by atoms with Crippen molar-refractivity contribution in [3.8, 4) is 39.1 Å². The van der Waals surface area contributed by atoms with Crippen LogP contribution in [0.4, 0.5) is 17.1 Å². The number of thiophene rings is 1. The van der Waals surface area contributed by atoms with Crippen molar-refractivity contribution in [1.29, 1.82) is 0 Å². The lowest BCUT2D eigenvalue weighted by Crippen LogP contribution is -2.12. The molecule has 0 aliphatic heterocycles. The molecule has 0 radical (unpaired) electrons. The van der Waals surface area contributed by atoms with Crippen LogP contribution in [0, 0.1) is 13.8 Å². The van der Waals surface area contributed by atoms with E-state index in [9.17, 15) is 0 Å². The Morgan fingerprint density at radius 1 is 0.407 bits per heavy atom. The highest BCUT2D eigenvalue weighted by atomic mass is 32.1. The molecule has 11 rings (SSSR count). The zero-order chi connectivity index (χ0) is 39.5. The molecule has 2 aromatic heterocycles. The Labute approximate surface area is 348 Å². The Morgan fingerprint density at radius 3 is 1.59 bits per heavy atom. The highest BCUT2D eigenvalue weighted by molar-refractivity contribution is 7.26. The summed E-state index contributed by atoms with van der Waals surface area (Å²) in [4.78, 5) is 2.47. The predicted molar refractivity (Wildman–Crippen MR) is 254 cm³/mol. The van der Waals surface area contributed by atoms with Crippen molar-refractivity contribution in [3.05, 3.63) is 217 Å². The van der Waals surface area contributed by atoms with Gasteiger partial charge in [-0.1, -0.05) is 145 Å². The molecule has 0 saturated heterocycles. The summed E-state index contributed by atoms with van der Waals surface area (Å²) in [5.41, 5.74) is 16.7. The van der Waals surface area contributed by atoms with E-state index in [0.29, 0.717) is 0 Å². The van der Waals surface area contributed by atoms with E-state index in [1.165, 1.54) is 86.5 Å². The van der Waals surface area contributed by atoms with Crippen molar-refractivity contribution in [1.82, 2.24) is 4.57 Å². The maximum Gasteiger partial charge on any atom is 0.0541 e. The SMILES string of the molecule is Cc1ccc(N(c2cc(-c3ccc(-n4c5ccccc5c5ccccc54)cc3)c3sc4ccccc4c3c2)c2cc(-c3ccccc3)c(-c3ccccc3)cc2C)cc1. The van der Waals surface area contributed by atoms with E-state index < -0.39 is 0 Å². The molecule has 9 aromatic carbocycles. The first-order valence-electron chi connectivity index (χ1n) is 20.3. The van der Waals surface area contributed by atoms with Crippen LogP contribution in [0.2, 0.25) is 0 Å². The van der Waals surface area contributed by atoms with Gasteiger partial charge in [0, 0.05) is 59.3 Å². The lowest BCUT2D eigenvalue weighted by atomic mass is 9.91. The molecular formula is C56H40N2S. The second-order valence-corrected chi connectivity index (χ2v) is 16.5. The molecule has 0 atom stereocenters. The molecule has 2 nitrogen and oxygen atoms in total. The smallest absolute Gasteiger partial charge is 0.0541 e. The predicted octanol–water partition coefficient (Wildman–Crippen LogP) is 16.2. The van der Waals surface area contributed by atoms with Gasteiger partial charge >= 0.3 is 0 Å². The first kappa shape index (κ1) is 35.0. The van der Waals surface area contributed by atoms with Gasteiger partial charge in [-0.2, -0.15) is 0 Å². The van der Waals surface area contributed by atoms with E-state index in [0.717, 1.165) is 22.7 Å². The van der Waals surface area contributed by atoms with Crippen molar-refractivity contribution in [2.45, 2.75) is 13.8 Å². The van der Waals surface area contributed by atoms with Crippen LogP contribution in [0.15, 0.2) is 206 Å². The number of aromatic nitrogens is 1. The molecule has 0 unspecified atom stereocenters. The molecule has 0 aliphatic rings. The van der Waals surface area contributed by atoms with E-state index in [4.69, 9.17) is 0 Å². The van der Waals surface area contributed by atoms with Gasteiger partial charge in [0.05, 0.1) is 11.0 Å². The third-order valence-electron chi connectivity index (χ3n) is 11.8. The van der Waals surface area contributed by atoms with E-state index in [1.54, 1.807) is 0 Å². The average Bonchev–Trinajstić information content (AvgIpc) is 3.84. The quantitative estimate of drug-likeness (QED) is 0.157. The number of nitrogens with zero attached hydrogens (tertiary/aromatic N) is 2. The van der Waals surface area contributed by atoms with E-state index in [1.807, 2.05) is 11.3 Å². The van der Waals surface area contributed by atoms with E-state index in [2.05, 4.69) is 230 Å². The monoisotopic (exact) mass is 772 g/mol. The third-order valence-corrected chi connectivity index (χ3v) is 13.0. The Hall–Kier alpha value is -7.20. The van der Waals surface area contributed by atoms with Gasteiger partial charge in [0.1, 0.15) is 0 Å². The molecule has 0 spiro atoms. The van der Waals surface area contributed by atoms with Crippen LogP contribution in [0.25, 0.3) is 81.0 Å². The van der Waals surface area contributed by atoms with Gasteiger partial charge in [-0.25, -0.2) is 0 Å². The fraction of sp³-hybridized carbons (Fsp3) is 0.0357. The number of anilines is 3. The molecule has 0 saturated carbocycles. The van der Waals surface area contributed by atoms with Gasteiger partial charge in [0.2, 0.25) is 0 Å². The lowest BCUT2D eigenvalue weighted by molar-refractivity contribution is 1.18. The van der Waals surface area contributed by atoms with Gasteiger partial charge in [-0.15, -0.1) is 11.3 Å². The number of rotatable bonds is 7. The van der Waals surface area contributed by atoms with Crippen LogP contribution in [0.5, 0.6) is 0 Å². The fourth-order valence-electron chi connectivity index (χ4n) is 8.92. The summed E-state index contributed by atoms with van der Waals surface area (Å²) in [7, 11) is 0. The minimum Gasteiger partial charge on any atom is -0.310 e. The van der Waals surface area contributed by atoms with Crippen molar-refractivity contribution in [3.63, 3.8) is 0 Å². The zero-order valence-corrected chi connectivity index (χ0v) is 33.7. The van der Waals surface area contributed by atoms with E-state index >= 15 is 0 Å². The number of fused-ring (bicyclic) bond motifs is 6. The second-order valence-electron chi connectivity index (χ2n) is 15.5. The van der Waals surface area contributed by atoms with Crippen molar-refractivity contribution in [2.75, 3.05) is 4.90 Å². The summed E-state index contributed by atoms with van der Waals surface area (Å²) in [6.45, 7) is 4.41. The lowest BCUT2D eigenvalue weighted by Gasteiger charge is -2.29. The standard InChI is InChI=1S/C56H40N2S/c1-37-25-29-42(30-26-37)57(54-36-49(40-17-7-4-8-18-40)48(33-38(54)2)39-15-5-3-6-16-39)44-34-50(56-51(35-44)47-21-11-14-24-55(47)59-56)41-27-31-43(32-28-41)58-52-22-12-9-19-45(52)46-20-10-13-23-53(46)58/h3-36H,1-2H3. The van der Waals surface area contributed by atoms with Crippen LogP contribution in [0.3, 0.4) is 0 Å². The number of hydrogen-bond acceptors (Lipinski definition) is 2. The minimum atomic E-state index is 1.12. The summed E-state index contributed by atoms with van der Waals surface area (Å²) in [6, 6.07) is 75.7. The maximum absolute atomic E-state index is 2.47. The number of aryl methyl sites for hydroxylation is 2. The Morgan fingerprint density at radius 2 is 0.949 bits per heavy atom. The molecule has 0 amide bonds. The Kier molecular flexibility index (Phi) is 8.49. The average molecular weight is 773 g/mol. The number of benzene rings is 9. The molecule has 0 bridgehead atoms. The van der Waals surface area contributed by atoms with Gasteiger partial charge in [0.25, 0.3) is 0 Å². The summed E-state index contributed by atoms with van der Waals surface area (Å²) in [6.07, 6.45) is 0. The molecule has 59 heavy (non-hydrogen) atoms. The first-order valence-corrected chi connectivity index (χ1v) is 21.1. The van der Waals surface area contributed by atoms with Crippen LogP contribution in [0.1, 0.15) is 11.1 Å². The molecule has 280 valence electrons. The maximum atomic E-state index is 2.47. The molecule has 0 fully saturated rings. The van der Waals surface area contributed by atoms with Crippen LogP contribution >= 0.6 is 11.3 Å². The normalized spacial score (nSPS) is 11.6. The molecule has 11 aromatic rings. The molecule has 2 heterocycles. The number of para-hydroxylation sites is 2. The summed E-state index contributed by atoms with van der Waals surface area (Å²) in [5, 5.41) is 5.09. The van der Waals surface area contributed by atoms with Gasteiger partial charge in [-0.3, -0.25) is 0 Å². The van der Waals surface area contributed by atoms with E-state index in [-0.39, 0.29) is 0 Å². The van der Waals surface area contributed by atoms with Gasteiger partial charge < -0.3 is 9.47 Å². The minimum absolute atomic E-state index is 1.12. The summed E-state index contributed by atoms with van der Waals surface area (Å²) in [5.74, 6) is 0. The molecular weight excluding hydrogens is 733 g/mol.